The molecule has 0 radical (unpaired) electrons. The average molecular weight is 317 g/mol. The number of piperidine rings is 1. The van der Waals surface area contributed by atoms with Crippen molar-refractivity contribution >= 4 is 22.8 Å². The van der Waals surface area contributed by atoms with E-state index in [1.165, 1.54) is 0 Å². The van der Waals surface area contributed by atoms with E-state index in [9.17, 15) is 9.59 Å². The van der Waals surface area contributed by atoms with Crippen LogP contribution in [0.3, 0.4) is 0 Å². The lowest BCUT2D eigenvalue weighted by Gasteiger charge is -2.30. The van der Waals surface area contributed by atoms with Crippen molar-refractivity contribution in [2.24, 2.45) is 5.92 Å². The number of hydrogen-bond donors (Lipinski definition) is 1. The molecule has 122 valence electrons. The number of likely N-dealkylation sites (tertiary alicyclic amines) is 1. The largest absolute Gasteiger partial charge is 0.497 e. The molecular formula is C17H19NO5. The Morgan fingerprint density at radius 3 is 2.74 bits per heavy atom. The number of furan rings is 1. The minimum atomic E-state index is -0.771. The zero-order chi connectivity index (χ0) is 16.4. The van der Waals surface area contributed by atoms with E-state index >= 15 is 0 Å². The van der Waals surface area contributed by atoms with Crippen LogP contribution >= 0.6 is 0 Å². The van der Waals surface area contributed by atoms with Crippen LogP contribution in [0.15, 0.2) is 28.9 Å². The summed E-state index contributed by atoms with van der Waals surface area (Å²) in [6, 6.07) is 5.52. The summed E-state index contributed by atoms with van der Waals surface area (Å²) in [5.41, 5.74) is 1.53. The van der Waals surface area contributed by atoms with Crippen LogP contribution in [0, 0.1) is 5.92 Å². The monoisotopic (exact) mass is 317 g/mol. The molecule has 0 atom stereocenters. The van der Waals surface area contributed by atoms with E-state index < -0.39 is 5.97 Å². The van der Waals surface area contributed by atoms with Crippen LogP contribution in [0.2, 0.25) is 0 Å². The van der Waals surface area contributed by atoms with Crippen molar-refractivity contribution < 1.29 is 23.8 Å². The first-order valence-electron chi connectivity index (χ1n) is 7.63. The van der Waals surface area contributed by atoms with Gasteiger partial charge in [0.15, 0.2) is 0 Å². The van der Waals surface area contributed by atoms with Crippen molar-refractivity contribution in [2.45, 2.75) is 19.3 Å². The normalized spacial score (nSPS) is 15.8. The van der Waals surface area contributed by atoms with Gasteiger partial charge in [0, 0.05) is 30.1 Å². The molecule has 1 aliphatic heterocycles. The van der Waals surface area contributed by atoms with E-state index in [0.29, 0.717) is 37.3 Å². The molecule has 2 aromatic rings. The van der Waals surface area contributed by atoms with Crippen molar-refractivity contribution in [1.82, 2.24) is 4.90 Å². The molecular weight excluding hydrogens is 298 g/mol. The summed E-state index contributed by atoms with van der Waals surface area (Å²) in [7, 11) is 1.59. The van der Waals surface area contributed by atoms with Crippen molar-refractivity contribution in [2.75, 3.05) is 20.2 Å². The number of hydrogen-bond acceptors (Lipinski definition) is 4. The minimum Gasteiger partial charge on any atom is -0.497 e. The highest BCUT2D eigenvalue weighted by molar-refractivity contribution is 5.88. The minimum absolute atomic E-state index is 0.00681. The quantitative estimate of drug-likeness (QED) is 0.936. The van der Waals surface area contributed by atoms with Crippen LogP contribution in [0.5, 0.6) is 5.75 Å². The van der Waals surface area contributed by atoms with Gasteiger partial charge in [-0.05, 0) is 25.0 Å². The van der Waals surface area contributed by atoms with Gasteiger partial charge >= 0.3 is 5.97 Å². The highest BCUT2D eigenvalue weighted by atomic mass is 16.5. The summed E-state index contributed by atoms with van der Waals surface area (Å²) in [4.78, 5) is 25.1. The summed E-state index contributed by atoms with van der Waals surface area (Å²) in [6.45, 7) is 0.999. The molecule has 0 unspecified atom stereocenters. The SMILES string of the molecule is COc1ccc2c(CC(=O)N3CCC(C(=O)O)CC3)coc2c1. The second-order valence-electron chi connectivity index (χ2n) is 5.79. The van der Waals surface area contributed by atoms with Gasteiger partial charge in [-0.3, -0.25) is 9.59 Å². The predicted molar refractivity (Wildman–Crippen MR) is 83.4 cm³/mol. The third kappa shape index (κ3) is 3.16. The first-order valence-corrected chi connectivity index (χ1v) is 7.63. The van der Waals surface area contributed by atoms with Crippen molar-refractivity contribution in [3.8, 4) is 5.75 Å². The number of carboxylic acid groups (broad SMARTS) is 1. The molecule has 23 heavy (non-hydrogen) atoms. The molecule has 0 bridgehead atoms. The van der Waals surface area contributed by atoms with Gasteiger partial charge in [0.1, 0.15) is 11.3 Å². The van der Waals surface area contributed by atoms with E-state index in [2.05, 4.69) is 0 Å². The van der Waals surface area contributed by atoms with Crippen LogP contribution < -0.4 is 4.74 Å². The van der Waals surface area contributed by atoms with Crippen LogP contribution in [0.1, 0.15) is 18.4 Å². The Morgan fingerprint density at radius 1 is 1.35 bits per heavy atom. The third-order valence-corrected chi connectivity index (χ3v) is 4.40. The smallest absolute Gasteiger partial charge is 0.306 e. The van der Waals surface area contributed by atoms with E-state index in [0.717, 1.165) is 10.9 Å². The summed E-state index contributed by atoms with van der Waals surface area (Å²) in [5, 5.41) is 9.91. The van der Waals surface area contributed by atoms with Gasteiger partial charge in [-0.15, -0.1) is 0 Å². The molecule has 1 aromatic heterocycles. The van der Waals surface area contributed by atoms with E-state index in [1.807, 2.05) is 12.1 Å². The number of methoxy groups -OCH3 is 1. The molecule has 0 saturated carbocycles. The van der Waals surface area contributed by atoms with Gasteiger partial charge < -0.3 is 19.2 Å². The number of nitrogens with zero attached hydrogens (tertiary/aromatic N) is 1. The standard InChI is InChI=1S/C17H19NO5/c1-22-13-2-3-14-12(10-23-15(14)9-13)8-16(19)18-6-4-11(5-7-18)17(20)21/h2-3,9-11H,4-8H2,1H3,(H,20,21). The fourth-order valence-electron chi connectivity index (χ4n) is 2.98. The van der Waals surface area contributed by atoms with Gasteiger partial charge in [0.05, 0.1) is 25.7 Å². The number of carboxylic acids is 1. The average Bonchev–Trinajstić information content (AvgIpc) is 2.97. The van der Waals surface area contributed by atoms with E-state index in [1.54, 1.807) is 24.3 Å². The summed E-state index contributed by atoms with van der Waals surface area (Å²) >= 11 is 0. The number of rotatable bonds is 4. The number of fused-ring (bicyclic) bond motifs is 1. The lowest BCUT2D eigenvalue weighted by Crippen LogP contribution is -2.40. The topological polar surface area (TPSA) is 80.0 Å². The van der Waals surface area contributed by atoms with Gasteiger partial charge in [-0.25, -0.2) is 0 Å². The Hall–Kier alpha value is -2.50. The Balaban J connectivity index is 1.68. The second kappa shape index (κ2) is 6.32. The van der Waals surface area contributed by atoms with Crippen molar-refractivity contribution in [1.29, 1.82) is 0 Å². The Bertz CT molecular complexity index is 728. The Morgan fingerprint density at radius 2 is 2.09 bits per heavy atom. The van der Waals surface area contributed by atoms with Crippen LogP contribution in [0.4, 0.5) is 0 Å². The van der Waals surface area contributed by atoms with Crippen LogP contribution in [-0.4, -0.2) is 42.1 Å². The molecule has 6 nitrogen and oxygen atoms in total. The van der Waals surface area contributed by atoms with Gasteiger partial charge in [0.2, 0.25) is 5.91 Å². The molecule has 2 heterocycles. The van der Waals surface area contributed by atoms with Crippen molar-refractivity contribution in [3.63, 3.8) is 0 Å². The lowest BCUT2D eigenvalue weighted by molar-refractivity contribution is -0.145. The molecule has 3 rings (SSSR count). The fraction of sp³-hybridized carbons (Fsp3) is 0.412. The maximum absolute atomic E-state index is 12.4. The second-order valence-corrected chi connectivity index (χ2v) is 5.79. The van der Waals surface area contributed by atoms with Gasteiger partial charge in [0.25, 0.3) is 0 Å². The number of amides is 1. The molecule has 1 aliphatic rings. The van der Waals surface area contributed by atoms with Gasteiger partial charge in [-0.2, -0.15) is 0 Å². The van der Waals surface area contributed by atoms with E-state index in [-0.39, 0.29) is 18.2 Å². The first-order chi connectivity index (χ1) is 11.1. The van der Waals surface area contributed by atoms with E-state index in [4.69, 9.17) is 14.3 Å². The summed E-state index contributed by atoms with van der Waals surface area (Å²) in [6.07, 6.45) is 2.90. The fourth-order valence-corrected chi connectivity index (χ4v) is 2.98. The highest BCUT2D eigenvalue weighted by Crippen LogP contribution is 2.26. The van der Waals surface area contributed by atoms with Crippen LogP contribution in [-0.2, 0) is 16.0 Å². The molecule has 1 saturated heterocycles. The number of carbonyl (C=O) groups excluding carboxylic acids is 1. The summed E-state index contributed by atoms with van der Waals surface area (Å²) < 4.78 is 10.7. The highest BCUT2D eigenvalue weighted by Gasteiger charge is 2.27. The number of carbonyl (C=O) groups is 2. The first kappa shape index (κ1) is 15.4. The number of benzene rings is 1. The van der Waals surface area contributed by atoms with Crippen LogP contribution in [0.25, 0.3) is 11.0 Å². The molecule has 1 amide bonds. The lowest BCUT2D eigenvalue weighted by atomic mass is 9.96. The molecule has 1 aromatic carbocycles. The molecule has 0 spiro atoms. The molecule has 0 aliphatic carbocycles. The molecule has 6 heteroatoms. The maximum atomic E-state index is 12.4. The molecule has 1 N–H and O–H groups in total. The van der Waals surface area contributed by atoms with Crippen molar-refractivity contribution in [3.05, 3.63) is 30.0 Å². The number of ether oxygens (including phenoxy) is 1. The maximum Gasteiger partial charge on any atom is 0.306 e. The molecule has 1 fully saturated rings. The predicted octanol–water partition coefficient (Wildman–Crippen LogP) is 2.31. The zero-order valence-corrected chi connectivity index (χ0v) is 12.9. The Kier molecular flexibility index (Phi) is 4.23. The zero-order valence-electron chi connectivity index (χ0n) is 12.9. The third-order valence-electron chi connectivity index (χ3n) is 4.40. The number of aliphatic carboxylic acids is 1. The summed E-state index contributed by atoms with van der Waals surface area (Å²) in [5.74, 6) is -0.388. The van der Waals surface area contributed by atoms with Gasteiger partial charge in [-0.1, -0.05) is 0 Å². The Labute approximate surface area is 133 Å².